The van der Waals surface area contributed by atoms with Gasteiger partial charge in [0, 0.05) is 24.5 Å². The summed E-state index contributed by atoms with van der Waals surface area (Å²) in [5.74, 6) is 1.49. The van der Waals surface area contributed by atoms with E-state index in [4.69, 9.17) is 9.40 Å². The summed E-state index contributed by atoms with van der Waals surface area (Å²) in [6, 6.07) is 9.38. The molecule has 176 valence electrons. The second-order valence-electron chi connectivity index (χ2n) is 9.05. The third kappa shape index (κ3) is 5.02. The first-order valence-corrected chi connectivity index (χ1v) is 12.0. The topological polar surface area (TPSA) is 89.1 Å². The highest BCUT2D eigenvalue weighted by molar-refractivity contribution is 6.06. The number of nitrogens with zero attached hydrogens (tertiary/aromatic N) is 5. The number of piperidine rings is 1. The van der Waals surface area contributed by atoms with Crippen LogP contribution in [0, 0.1) is 5.92 Å². The summed E-state index contributed by atoms with van der Waals surface area (Å²) >= 11 is 0. The molecule has 0 spiro atoms. The highest BCUT2D eigenvalue weighted by Gasteiger charge is 2.19. The smallest absolute Gasteiger partial charge is 0.252 e. The fraction of sp³-hybridized carbons (Fsp3) is 0.385. The van der Waals surface area contributed by atoms with Gasteiger partial charge in [-0.15, -0.1) is 0 Å². The van der Waals surface area contributed by atoms with E-state index in [2.05, 4.69) is 27.2 Å². The molecule has 0 atom stereocenters. The normalized spacial score (nSPS) is 15.1. The SMILES string of the molecule is CC1CCN(CCCNC(=O)c2cc(-c3cccnc3)nc3c2cnn3Cc2ccco2)CC1. The largest absolute Gasteiger partial charge is 0.467 e. The first-order valence-electron chi connectivity index (χ1n) is 12.0. The molecule has 1 N–H and O–H groups in total. The monoisotopic (exact) mass is 458 g/mol. The minimum Gasteiger partial charge on any atom is -0.467 e. The molecule has 0 aliphatic carbocycles. The Morgan fingerprint density at radius 1 is 1.21 bits per heavy atom. The molecule has 1 aliphatic rings. The minimum absolute atomic E-state index is 0.109. The van der Waals surface area contributed by atoms with Crippen LogP contribution >= 0.6 is 0 Å². The second kappa shape index (κ2) is 10.2. The molecule has 4 aromatic rings. The Labute approximate surface area is 199 Å². The van der Waals surface area contributed by atoms with Gasteiger partial charge >= 0.3 is 0 Å². The van der Waals surface area contributed by atoms with E-state index in [1.165, 1.54) is 12.8 Å². The Balaban J connectivity index is 1.35. The number of likely N-dealkylation sites (tertiary alicyclic amines) is 1. The summed E-state index contributed by atoms with van der Waals surface area (Å²) in [6.45, 7) is 6.73. The van der Waals surface area contributed by atoms with Crippen LogP contribution in [0.15, 0.2) is 59.6 Å². The number of pyridine rings is 2. The van der Waals surface area contributed by atoms with Crippen molar-refractivity contribution < 1.29 is 9.21 Å². The van der Waals surface area contributed by atoms with Crippen molar-refractivity contribution in [2.45, 2.75) is 32.7 Å². The summed E-state index contributed by atoms with van der Waals surface area (Å²) in [7, 11) is 0. The number of rotatable bonds is 8. The predicted octanol–water partition coefficient (Wildman–Crippen LogP) is 3.99. The fourth-order valence-electron chi connectivity index (χ4n) is 4.45. The van der Waals surface area contributed by atoms with Crippen molar-refractivity contribution in [2.75, 3.05) is 26.2 Å². The molecule has 0 radical (unpaired) electrons. The lowest BCUT2D eigenvalue weighted by Crippen LogP contribution is -2.35. The van der Waals surface area contributed by atoms with Crippen molar-refractivity contribution in [1.82, 2.24) is 30.0 Å². The Bertz CT molecular complexity index is 1230. The van der Waals surface area contributed by atoms with Gasteiger partial charge in [0.05, 0.1) is 29.1 Å². The average Bonchev–Trinajstić information content (AvgIpc) is 3.53. The summed E-state index contributed by atoms with van der Waals surface area (Å²) in [4.78, 5) is 24.8. The van der Waals surface area contributed by atoms with Gasteiger partial charge in [0.15, 0.2) is 5.65 Å². The van der Waals surface area contributed by atoms with E-state index in [0.29, 0.717) is 30.0 Å². The lowest BCUT2D eigenvalue weighted by Gasteiger charge is -2.30. The average molecular weight is 459 g/mol. The van der Waals surface area contributed by atoms with Gasteiger partial charge < -0.3 is 14.6 Å². The number of aromatic nitrogens is 4. The highest BCUT2D eigenvalue weighted by atomic mass is 16.3. The quantitative estimate of drug-likeness (QED) is 0.402. The van der Waals surface area contributed by atoms with E-state index in [1.807, 2.05) is 30.3 Å². The van der Waals surface area contributed by atoms with Gasteiger partial charge in [-0.25, -0.2) is 9.67 Å². The van der Waals surface area contributed by atoms with Crippen molar-refractivity contribution in [3.05, 3.63) is 66.5 Å². The molecule has 0 saturated carbocycles. The molecule has 5 heterocycles. The molecule has 8 heteroatoms. The number of fused-ring (bicyclic) bond motifs is 1. The lowest BCUT2D eigenvalue weighted by molar-refractivity contribution is 0.0952. The Hall–Kier alpha value is -3.52. The van der Waals surface area contributed by atoms with Crippen molar-refractivity contribution in [3.8, 4) is 11.3 Å². The van der Waals surface area contributed by atoms with E-state index in [9.17, 15) is 4.79 Å². The number of carbonyl (C=O) groups excluding carboxylic acids is 1. The maximum absolute atomic E-state index is 13.2. The van der Waals surface area contributed by atoms with E-state index >= 15 is 0 Å². The molecular weight excluding hydrogens is 428 g/mol. The molecule has 5 rings (SSSR count). The van der Waals surface area contributed by atoms with Crippen LogP contribution in [0.4, 0.5) is 0 Å². The third-order valence-electron chi connectivity index (χ3n) is 6.51. The van der Waals surface area contributed by atoms with Gasteiger partial charge in [-0.1, -0.05) is 6.92 Å². The van der Waals surface area contributed by atoms with Crippen LogP contribution in [0.1, 0.15) is 42.3 Å². The fourth-order valence-corrected chi connectivity index (χ4v) is 4.45. The van der Waals surface area contributed by atoms with Crippen LogP contribution in [0.25, 0.3) is 22.3 Å². The minimum atomic E-state index is -0.109. The van der Waals surface area contributed by atoms with Crippen molar-refractivity contribution in [3.63, 3.8) is 0 Å². The molecule has 1 aliphatic heterocycles. The lowest BCUT2D eigenvalue weighted by atomic mass is 9.99. The van der Waals surface area contributed by atoms with E-state index in [1.54, 1.807) is 29.5 Å². The van der Waals surface area contributed by atoms with Crippen LogP contribution in [0.3, 0.4) is 0 Å². The second-order valence-corrected chi connectivity index (χ2v) is 9.05. The first kappa shape index (κ1) is 22.3. The summed E-state index contributed by atoms with van der Waals surface area (Å²) < 4.78 is 7.25. The zero-order chi connectivity index (χ0) is 23.3. The number of carbonyl (C=O) groups is 1. The molecule has 1 saturated heterocycles. The van der Waals surface area contributed by atoms with Gasteiger partial charge in [0.1, 0.15) is 12.3 Å². The summed E-state index contributed by atoms with van der Waals surface area (Å²) in [6.07, 6.45) is 10.3. The van der Waals surface area contributed by atoms with E-state index < -0.39 is 0 Å². The molecule has 34 heavy (non-hydrogen) atoms. The Kier molecular flexibility index (Phi) is 6.67. The summed E-state index contributed by atoms with van der Waals surface area (Å²) in [5.41, 5.74) is 2.75. The number of hydrogen-bond donors (Lipinski definition) is 1. The standard InChI is InChI=1S/C26H30N6O2/c1-19-7-12-31(13-8-19)11-4-10-28-26(33)22-15-24(20-5-2-9-27-16-20)30-25-23(22)17-29-32(25)18-21-6-3-14-34-21/h2-3,5-6,9,14-17,19H,4,7-8,10-13,18H2,1H3,(H,28,33). The molecule has 0 aromatic carbocycles. The van der Waals surface area contributed by atoms with Crippen LogP contribution in [-0.4, -0.2) is 56.7 Å². The van der Waals surface area contributed by atoms with Crippen molar-refractivity contribution in [2.24, 2.45) is 5.92 Å². The van der Waals surface area contributed by atoms with Gasteiger partial charge in [0.2, 0.25) is 0 Å². The van der Waals surface area contributed by atoms with Gasteiger partial charge in [-0.3, -0.25) is 9.78 Å². The maximum Gasteiger partial charge on any atom is 0.252 e. The molecule has 1 fully saturated rings. The van der Waals surface area contributed by atoms with Crippen LogP contribution in [0.5, 0.6) is 0 Å². The van der Waals surface area contributed by atoms with Crippen LogP contribution < -0.4 is 5.32 Å². The number of amides is 1. The number of nitrogens with one attached hydrogen (secondary N) is 1. The third-order valence-corrected chi connectivity index (χ3v) is 6.51. The molecule has 1 amide bonds. The molecule has 4 aromatic heterocycles. The van der Waals surface area contributed by atoms with Crippen molar-refractivity contribution in [1.29, 1.82) is 0 Å². The zero-order valence-corrected chi connectivity index (χ0v) is 19.5. The van der Waals surface area contributed by atoms with Gasteiger partial charge in [0.25, 0.3) is 5.91 Å². The van der Waals surface area contributed by atoms with E-state index in [0.717, 1.165) is 48.7 Å². The highest BCUT2D eigenvalue weighted by Crippen LogP contribution is 2.25. The number of furan rings is 1. The van der Waals surface area contributed by atoms with Crippen LogP contribution in [0.2, 0.25) is 0 Å². The first-order chi connectivity index (χ1) is 16.7. The van der Waals surface area contributed by atoms with E-state index in [-0.39, 0.29) is 5.91 Å². The summed E-state index contributed by atoms with van der Waals surface area (Å²) in [5, 5.41) is 8.34. The Morgan fingerprint density at radius 3 is 2.85 bits per heavy atom. The molecule has 0 unspecified atom stereocenters. The van der Waals surface area contributed by atoms with Crippen molar-refractivity contribution >= 4 is 16.9 Å². The Morgan fingerprint density at radius 2 is 2.09 bits per heavy atom. The van der Waals surface area contributed by atoms with Gasteiger partial charge in [-0.05, 0) is 75.1 Å². The predicted molar refractivity (Wildman–Crippen MR) is 130 cm³/mol. The maximum atomic E-state index is 13.2. The molecular formula is C26H30N6O2. The molecule has 0 bridgehead atoms. The van der Waals surface area contributed by atoms with Crippen LogP contribution in [-0.2, 0) is 6.54 Å². The zero-order valence-electron chi connectivity index (χ0n) is 19.5. The number of hydrogen-bond acceptors (Lipinski definition) is 6. The molecule has 8 nitrogen and oxygen atoms in total. The van der Waals surface area contributed by atoms with Gasteiger partial charge in [-0.2, -0.15) is 5.10 Å².